The SMILES string of the molecule is CC(C)CCN(C)C(=O)c1ccc(CCl)cc1. The van der Waals surface area contributed by atoms with Gasteiger partial charge in [-0.25, -0.2) is 0 Å². The summed E-state index contributed by atoms with van der Waals surface area (Å²) in [5, 5.41) is 0. The zero-order valence-corrected chi connectivity index (χ0v) is 11.5. The van der Waals surface area contributed by atoms with Gasteiger partial charge in [0.25, 0.3) is 5.91 Å². The molecule has 0 atom stereocenters. The van der Waals surface area contributed by atoms with Gasteiger partial charge in [-0.05, 0) is 30.0 Å². The molecule has 0 heterocycles. The fraction of sp³-hybridized carbons (Fsp3) is 0.500. The van der Waals surface area contributed by atoms with Gasteiger partial charge in [0.05, 0.1) is 0 Å². The number of nitrogens with zero attached hydrogens (tertiary/aromatic N) is 1. The summed E-state index contributed by atoms with van der Waals surface area (Å²) >= 11 is 5.71. The highest BCUT2D eigenvalue weighted by Gasteiger charge is 2.11. The molecule has 0 unspecified atom stereocenters. The molecule has 0 radical (unpaired) electrons. The molecule has 0 bridgehead atoms. The molecule has 1 rings (SSSR count). The van der Waals surface area contributed by atoms with Crippen LogP contribution in [0.2, 0.25) is 0 Å². The Balaban J connectivity index is 2.61. The average molecular weight is 254 g/mol. The van der Waals surface area contributed by atoms with E-state index in [1.165, 1.54) is 0 Å². The third-order valence-electron chi connectivity index (χ3n) is 2.74. The highest BCUT2D eigenvalue weighted by molar-refractivity contribution is 6.17. The lowest BCUT2D eigenvalue weighted by Crippen LogP contribution is -2.28. The van der Waals surface area contributed by atoms with E-state index in [2.05, 4.69) is 13.8 Å². The summed E-state index contributed by atoms with van der Waals surface area (Å²) in [6.07, 6.45) is 1.03. The van der Waals surface area contributed by atoms with Crippen molar-refractivity contribution in [3.63, 3.8) is 0 Å². The summed E-state index contributed by atoms with van der Waals surface area (Å²) in [5.74, 6) is 1.17. The number of alkyl halides is 1. The van der Waals surface area contributed by atoms with E-state index >= 15 is 0 Å². The Bertz CT molecular complexity index is 359. The lowest BCUT2D eigenvalue weighted by molar-refractivity contribution is 0.0789. The molecular weight excluding hydrogens is 234 g/mol. The molecule has 17 heavy (non-hydrogen) atoms. The van der Waals surface area contributed by atoms with Crippen LogP contribution in [0.1, 0.15) is 36.2 Å². The fourth-order valence-electron chi connectivity index (χ4n) is 1.51. The van der Waals surface area contributed by atoms with Crippen LogP contribution in [0.5, 0.6) is 0 Å². The van der Waals surface area contributed by atoms with Gasteiger partial charge in [0.2, 0.25) is 0 Å². The van der Waals surface area contributed by atoms with Gasteiger partial charge < -0.3 is 4.90 Å². The van der Waals surface area contributed by atoms with Crippen LogP contribution in [0.15, 0.2) is 24.3 Å². The number of rotatable bonds is 5. The molecule has 3 heteroatoms. The van der Waals surface area contributed by atoms with Gasteiger partial charge in [-0.3, -0.25) is 4.79 Å². The van der Waals surface area contributed by atoms with Crippen LogP contribution in [-0.2, 0) is 5.88 Å². The summed E-state index contributed by atoms with van der Waals surface area (Å²) < 4.78 is 0. The largest absolute Gasteiger partial charge is 0.342 e. The van der Waals surface area contributed by atoms with Crippen molar-refractivity contribution in [2.75, 3.05) is 13.6 Å². The van der Waals surface area contributed by atoms with E-state index in [1.807, 2.05) is 31.3 Å². The zero-order valence-electron chi connectivity index (χ0n) is 10.7. The quantitative estimate of drug-likeness (QED) is 0.735. The van der Waals surface area contributed by atoms with E-state index in [0.29, 0.717) is 11.8 Å². The van der Waals surface area contributed by atoms with Crippen LogP contribution < -0.4 is 0 Å². The van der Waals surface area contributed by atoms with Crippen molar-refractivity contribution in [1.82, 2.24) is 4.90 Å². The Hall–Kier alpha value is -1.02. The third-order valence-corrected chi connectivity index (χ3v) is 3.05. The smallest absolute Gasteiger partial charge is 0.253 e. The van der Waals surface area contributed by atoms with E-state index in [-0.39, 0.29) is 5.91 Å². The number of amides is 1. The Labute approximate surface area is 109 Å². The standard InChI is InChI=1S/C14H20ClNO/c1-11(2)8-9-16(3)14(17)13-6-4-12(10-15)5-7-13/h4-7,11H,8-10H2,1-3H3. The fourth-order valence-corrected chi connectivity index (χ4v) is 1.69. The Morgan fingerprint density at radius 2 is 1.88 bits per heavy atom. The number of benzene rings is 1. The lowest BCUT2D eigenvalue weighted by atomic mass is 10.1. The van der Waals surface area contributed by atoms with Crippen LogP contribution >= 0.6 is 11.6 Å². The molecule has 0 spiro atoms. The first-order valence-corrected chi connectivity index (χ1v) is 6.48. The predicted molar refractivity (Wildman–Crippen MR) is 72.4 cm³/mol. The van der Waals surface area contributed by atoms with E-state index in [9.17, 15) is 4.79 Å². The van der Waals surface area contributed by atoms with Gasteiger partial charge in [0, 0.05) is 25.0 Å². The molecule has 1 aromatic rings. The van der Waals surface area contributed by atoms with Gasteiger partial charge in [0.1, 0.15) is 0 Å². The number of carbonyl (C=O) groups excluding carboxylic acids is 1. The lowest BCUT2D eigenvalue weighted by Gasteiger charge is -2.18. The van der Waals surface area contributed by atoms with Crippen LogP contribution in [0.3, 0.4) is 0 Å². The van der Waals surface area contributed by atoms with Gasteiger partial charge in [0.15, 0.2) is 0 Å². The van der Waals surface area contributed by atoms with Crippen LogP contribution in [-0.4, -0.2) is 24.4 Å². The number of hydrogen-bond donors (Lipinski definition) is 0. The topological polar surface area (TPSA) is 20.3 Å². The first-order valence-electron chi connectivity index (χ1n) is 5.95. The van der Waals surface area contributed by atoms with Gasteiger partial charge in [-0.2, -0.15) is 0 Å². The monoisotopic (exact) mass is 253 g/mol. The third kappa shape index (κ3) is 4.39. The maximum absolute atomic E-state index is 12.0. The first-order chi connectivity index (χ1) is 8.04. The van der Waals surface area contributed by atoms with Gasteiger partial charge in [-0.1, -0.05) is 26.0 Å². The molecule has 0 N–H and O–H groups in total. The van der Waals surface area contributed by atoms with E-state index < -0.39 is 0 Å². The first kappa shape index (κ1) is 14.0. The maximum Gasteiger partial charge on any atom is 0.253 e. The van der Waals surface area contributed by atoms with Crippen LogP contribution in [0, 0.1) is 5.92 Å². The van der Waals surface area contributed by atoms with E-state index in [1.54, 1.807) is 4.90 Å². The van der Waals surface area contributed by atoms with Crippen molar-refractivity contribution in [1.29, 1.82) is 0 Å². The molecule has 2 nitrogen and oxygen atoms in total. The molecule has 0 aliphatic heterocycles. The maximum atomic E-state index is 12.0. The molecule has 0 aliphatic rings. The minimum Gasteiger partial charge on any atom is -0.342 e. The minimum atomic E-state index is 0.0757. The number of hydrogen-bond acceptors (Lipinski definition) is 1. The Kier molecular flexibility index (Phi) is 5.49. The van der Waals surface area contributed by atoms with E-state index in [0.717, 1.165) is 24.1 Å². The zero-order chi connectivity index (χ0) is 12.8. The Morgan fingerprint density at radius 3 is 2.35 bits per heavy atom. The van der Waals surface area contributed by atoms with Crippen molar-refractivity contribution in [2.45, 2.75) is 26.1 Å². The highest BCUT2D eigenvalue weighted by Crippen LogP contribution is 2.10. The molecule has 0 saturated heterocycles. The van der Waals surface area contributed by atoms with Crippen molar-refractivity contribution in [3.8, 4) is 0 Å². The number of halogens is 1. The number of carbonyl (C=O) groups is 1. The van der Waals surface area contributed by atoms with Crippen LogP contribution in [0.4, 0.5) is 0 Å². The van der Waals surface area contributed by atoms with E-state index in [4.69, 9.17) is 11.6 Å². The average Bonchev–Trinajstić information content (AvgIpc) is 2.35. The molecule has 0 saturated carbocycles. The molecular formula is C14H20ClNO. The molecule has 94 valence electrons. The van der Waals surface area contributed by atoms with Crippen LogP contribution in [0.25, 0.3) is 0 Å². The molecule has 0 aliphatic carbocycles. The summed E-state index contributed by atoms with van der Waals surface area (Å²) in [4.78, 5) is 13.8. The molecule has 0 fully saturated rings. The summed E-state index contributed by atoms with van der Waals surface area (Å²) in [7, 11) is 1.85. The predicted octanol–water partition coefficient (Wildman–Crippen LogP) is 3.54. The van der Waals surface area contributed by atoms with Crippen molar-refractivity contribution >= 4 is 17.5 Å². The second-order valence-corrected chi connectivity index (χ2v) is 5.01. The Morgan fingerprint density at radius 1 is 1.29 bits per heavy atom. The van der Waals surface area contributed by atoms with Crippen molar-refractivity contribution in [3.05, 3.63) is 35.4 Å². The minimum absolute atomic E-state index is 0.0757. The normalized spacial score (nSPS) is 10.6. The molecule has 1 amide bonds. The summed E-state index contributed by atoms with van der Waals surface area (Å²) in [5.41, 5.74) is 1.76. The van der Waals surface area contributed by atoms with Gasteiger partial charge >= 0.3 is 0 Å². The summed E-state index contributed by atoms with van der Waals surface area (Å²) in [6, 6.07) is 7.48. The van der Waals surface area contributed by atoms with Crippen molar-refractivity contribution < 1.29 is 4.79 Å². The van der Waals surface area contributed by atoms with Gasteiger partial charge in [-0.15, -0.1) is 11.6 Å². The molecule has 1 aromatic carbocycles. The molecule has 0 aromatic heterocycles. The van der Waals surface area contributed by atoms with Crippen molar-refractivity contribution in [2.24, 2.45) is 5.92 Å². The summed E-state index contributed by atoms with van der Waals surface area (Å²) in [6.45, 7) is 5.12. The second-order valence-electron chi connectivity index (χ2n) is 4.74. The second kappa shape index (κ2) is 6.65. The highest BCUT2D eigenvalue weighted by atomic mass is 35.5.